The maximum absolute atomic E-state index is 11.8. The summed E-state index contributed by atoms with van der Waals surface area (Å²) in [5, 5.41) is 3.49. The average Bonchev–Trinajstić information content (AvgIpc) is 2.90. The lowest BCUT2D eigenvalue weighted by Crippen LogP contribution is -2.30. The van der Waals surface area contributed by atoms with E-state index in [0.717, 1.165) is 5.56 Å². The maximum atomic E-state index is 11.8. The SMILES string of the molecule is CC(=CC(=O)NS(=O)(=O)Cc1ccon1)c1ccncc1. The fourth-order valence-corrected chi connectivity index (χ4v) is 2.60. The van der Waals surface area contributed by atoms with Crippen molar-refractivity contribution in [2.24, 2.45) is 0 Å². The summed E-state index contributed by atoms with van der Waals surface area (Å²) in [6, 6.07) is 4.87. The van der Waals surface area contributed by atoms with Crippen LogP contribution in [-0.4, -0.2) is 24.5 Å². The summed E-state index contributed by atoms with van der Waals surface area (Å²) in [5.41, 5.74) is 1.64. The minimum absolute atomic E-state index is 0.227. The molecule has 0 fully saturated rings. The highest BCUT2D eigenvalue weighted by Gasteiger charge is 2.16. The van der Waals surface area contributed by atoms with E-state index in [1.54, 1.807) is 31.5 Å². The molecule has 8 heteroatoms. The van der Waals surface area contributed by atoms with Gasteiger partial charge < -0.3 is 4.52 Å². The summed E-state index contributed by atoms with van der Waals surface area (Å²) >= 11 is 0. The molecule has 2 rings (SSSR count). The van der Waals surface area contributed by atoms with Gasteiger partial charge in [-0.2, -0.15) is 0 Å². The van der Waals surface area contributed by atoms with Crippen LogP contribution < -0.4 is 4.72 Å². The second kappa shape index (κ2) is 6.31. The maximum Gasteiger partial charge on any atom is 0.257 e. The fraction of sp³-hybridized carbons (Fsp3) is 0.154. The number of hydrogen-bond acceptors (Lipinski definition) is 6. The quantitative estimate of drug-likeness (QED) is 0.830. The van der Waals surface area contributed by atoms with E-state index in [0.29, 0.717) is 5.57 Å². The summed E-state index contributed by atoms with van der Waals surface area (Å²) < 4.78 is 30.0. The van der Waals surface area contributed by atoms with Crippen molar-refractivity contribution in [3.05, 3.63) is 54.2 Å². The van der Waals surface area contributed by atoms with Gasteiger partial charge in [0, 0.05) is 24.5 Å². The van der Waals surface area contributed by atoms with Gasteiger partial charge in [-0.3, -0.25) is 9.78 Å². The Hall–Kier alpha value is -2.48. The Labute approximate surface area is 121 Å². The van der Waals surface area contributed by atoms with Crippen molar-refractivity contribution < 1.29 is 17.7 Å². The van der Waals surface area contributed by atoms with E-state index in [2.05, 4.69) is 14.7 Å². The zero-order valence-electron chi connectivity index (χ0n) is 11.2. The van der Waals surface area contributed by atoms with E-state index in [1.165, 1.54) is 18.4 Å². The molecule has 0 unspecified atom stereocenters. The molecule has 0 aliphatic carbocycles. The first kappa shape index (κ1) is 14.9. The number of hydrogen-bond donors (Lipinski definition) is 1. The smallest absolute Gasteiger partial charge is 0.257 e. The van der Waals surface area contributed by atoms with Crippen molar-refractivity contribution in [3.8, 4) is 0 Å². The highest BCUT2D eigenvalue weighted by molar-refractivity contribution is 7.89. The van der Waals surface area contributed by atoms with Crippen LogP contribution in [0.25, 0.3) is 5.57 Å². The van der Waals surface area contributed by atoms with E-state index < -0.39 is 21.7 Å². The van der Waals surface area contributed by atoms with E-state index in [1.807, 2.05) is 4.72 Å². The number of nitrogens with zero attached hydrogens (tertiary/aromatic N) is 2. The lowest BCUT2D eigenvalue weighted by Gasteiger charge is -2.04. The molecule has 110 valence electrons. The number of sulfonamides is 1. The molecule has 2 aromatic heterocycles. The summed E-state index contributed by atoms with van der Waals surface area (Å²) in [6.45, 7) is 1.71. The number of carbonyl (C=O) groups excluding carboxylic acids is 1. The summed E-state index contributed by atoms with van der Waals surface area (Å²) in [4.78, 5) is 15.6. The van der Waals surface area contributed by atoms with Crippen molar-refractivity contribution in [3.63, 3.8) is 0 Å². The number of allylic oxidation sites excluding steroid dienone is 1. The van der Waals surface area contributed by atoms with Crippen molar-refractivity contribution in [1.29, 1.82) is 0 Å². The van der Waals surface area contributed by atoms with Crippen LogP contribution >= 0.6 is 0 Å². The summed E-state index contributed by atoms with van der Waals surface area (Å²) in [5.74, 6) is -1.13. The predicted octanol–water partition coefficient (Wildman–Crippen LogP) is 1.12. The molecule has 0 atom stereocenters. The van der Waals surface area contributed by atoms with Crippen molar-refractivity contribution in [2.45, 2.75) is 12.7 Å². The molecule has 0 saturated carbocycles. The largest absolute Gasteiger partial charge is 0.364 e. The molecule has 2 heterocycles. The highest BCUT2D eigenvalue weighted by Crippen LogP contribution is 2.11. The van der Waals surface area contributed by atoms with Crippen molar-refractivity contribution in [1.82, 2.24) is 14.9 Å². The van der Waals surface area contributed by atoms with Gasteiger partial charge in [0.1, 0.15) is 17.7 Å². The normalized spacial score (nSPS) is 12.1. The van der Waals surface area contributed by atoms with E-state index >= 15 is 0 Å². The van der Waals surface area contributed by atoms with Crippen LogP contribution in [0.3, 0.4) is 0 Å². The molecule has 1 N–H and O–H groups in total. The number of aromatic nitrogens is 2. The number of pyridine rings is 1. The third-order valence-corrected chi connectivity index (χ3v) is 3.76. The molecule has 0 radical (unpaired) electrons. The molecule has 0 aromatic carbocycles. The number of nitrogens with one attached hydrogen (secondary N) is 1. The Morgan fingerprint density at radius 2 is 2.05 bits per heavy atom. The number of rotatable bonds is 5. The fourth-order valence-electron chi connectivity index (χ4n) is 1.62. The van der Waals surface area contributed by atoms with Crippen LogP contribution in [0.2, 0.25) is 0 Å². The van der Waals surface area contributed by atoms with Gasteiger partial charge in [-0.15, -0.1) is 0 Å². The lowest BCUT2D eigenvalue weighted by molar-refractivity contribution is -0.114. The Bertz CT molecular complexity index is 737. The second-order valence-corrected chi connectivity index (χ2v) is 6.00. The topological polar surface area (TPSA) is 102 Å². The molecule has 0 aliphatic heterocycles. The first-order chi connectivity index (χ1) is 9.96. The zero-order chi connectivity index (χ0) is 15.3. The minimum Gasteiger partial charge on any atom is -0.364 e. The molecule has 0 spiro atoms. The van der Waals surface area contributed by atoms with Gasteiger partial charge in [0.05, 0.1) is 0 Å². The molecular formula is C13H13N3O4S. The predicted molar refractivity (Wildman–Crippen MR) is 75.2 cm³/mol. The van der Waals surface area contributed by atoms with Crippen LogP contribution in [-0.2, 0) is 20.6 Å². The molecule has 2 aromatic rings. The van der Waals surface area contributed by atoms with Gasteiger partial charge in [-0.25, -0.2) is 13.1 Å². The average molecular weight is 307 g/mol. The van der Waals surface area contributed by atoms with Crippen LogP contribution in [0.4, 0.5) is 0 Å². The third-order valence-electron chi connectivity index (χ3n) is 2.57. The molecule has 7 nitrogen and oxygen atoms in total. The number of carbonyl (C=O) groups is 1. The van der Waals surface area contributed by atoms with Gasteiger partial charge in [0.2, 0.25) is 10.0 Å². The third kappa shape index (κ3) is 4.53. The molecular weight excluding hydrogens is 294 g/mol. The van der Waals surface area contributed by atoms with E-state index in [9.17, 15) is 13.2 Å². The summed E-state index contributed by atoms with van der Waals surface area (Å²) in [6.07, 6.45) is 5.66. The Balaban J connectivity index is 2.04. The second-order valence-electron chi connectivity index (χ2n) is 4.28. The first-order valence-electron chi connectivity index (χ1n) is 5.99. The van der Waals surface area contributed by atoms with Crippen LogP contribution in [0.15, 0.2) is 47.5 Å². The minimum atomic E-state index is -3.81. The van der Waals surface area contributed by atoms with Gasteiger partial charge in [0.15, 0.2) is 0 Å². The Kier molecular flexibility index (Phi) is 4.49. The Morgan fingerprint density at radius 1 is 1.33 bits per heavy atom. The standard InChI is InChI=1S/C13H13N3O4S/c1-10(11-2-5-14-6-3-11)8-13(17)16-21(18,19)9-12-4-7-20-15-12/h2-8H,9H2,1H3,(H,16,17). The Morgan fingerprint density at radius 3 is 2.67 bits per heavy atom. The van der Waals surface area contributed by atoms with Crippen LogP contribution in [0.5, 0.6) is 0 Å². The van der Waals surface area contributed by atoms with Gasteiger partial charge in [-0.05, 0) is 30.2 Å². The first-order valence-corrected chi connectivity index (χ1v) is 7.64. The van der Waals surface area contributed by atoms with Crippen molar-refractivity contribution >= 4 is 21.5 Å². The lowest BCUT2D eigenvalue weighted by atomic mass is 10.1. The van der Waals surface area contributed by atoms with Crippen molar-refractivity contribution in [2.75, 3.05) is 0 Å². The monoisotopic (exact) mass is 307 g/mol. The van der Waals surface area contributed by atoms with Crippen LogP contribution in [0.1, 0.15) is 18.2 Å². The van der Waals surface area contributed by atoms with E-state index in [-0.39, 0.29) is 5.69 Å². The van der Waals surface area contributed by atoms with Crippen LogP contribution in [0, 0.1) is 0 Å². The molecule has 21 heavy (non-hydrogen) atoms. The van der Waals surface area contributed by atoms with Gasteiger partial charge in [0.25, 0.3) is 5.91 Å². The molecule has 1 amide bonds. The summed E-state index contributed by atoms with van der Waals surface area (Å²) in [7, 11) is -3.81. The highest BCUT2D eigenvalue weighted by atomic mass is 32.2. The van der Waals surface area contributed by atoms with E-state index in [4.69, 9.17) is 0 Å². The van der Waals surface area contributed by atoms with Gasteiger partial charge >= 0.3 is 0 Å². The number of amides is 1. The molecule has 0 bridgehead atoms. The van der Waals surface area contributed by atoms with Gasteiger partial charge in [-0.1, -0.05) is 5.16 Å². The zero-order valence-corrected chi connectivity index (χ0v) is 12.0. The molecule has 0 aliphatic rings. The molecule has 0 saturated heterocycles.